The first kappa shape index (κ1) is 22.4. The van der Waals surface area contributed by atoms with Crippen molar-refractivity contribution in [3.8, 4) is 0 Å². The molecule has 0 aliphatic heterocycles. The number of halogens is 2. The standard InChI is InChI=1S/C28H24F2N2O/c1-18(14-15-31)26(23-17-21(23)16-19-6-3-2-4-7-19)20-10-12-22(13-11-20)32-28(33)27-24(29)8-5-9-25(27)30/h2-15,17,23H,16,31H2,1H3,(H,32,33)/p+1/b15-14-,26-18-/t23-/m1/s1. The van der Waals surface area contributed by atoms with Crippen LogP contribution >= 0.6 is 0 Å². The molecule has 5 heteroatoms. The van der Waals surface area contributed by atoms with Gasteiger partial charge >= 0.3 is 0 Å². The Labute approximate surface area is 192 Å². The SMILES string of the molecule is CC(/C=C\[NH3+])=C(\c1ccc(NC(=O)c2c(F)cccc2F)cc1)[C@@H]1C=C1Cc1ccccc1. The minimum Gasteiger partial charge on any atom is -0.331 e. The first-order chi connectivity index (χ1) is 16.0. The molecule has 3 aromatic rings. The summed E-state index contributed by atoms with van der Waals surface area (Å²) < 4.78 is 27.8. The first-order valence-corrected chi connectivity index (χ1v) is 10.7. The zero-order chi connectivity index (χ0) is 23.4. The van der Waals surface area contributed by atoms with Crippen LogP contribution in [-0.4, -0.2) is 5.91 Å². The Bertz CT molecular complexity index is 1240. The smallest absolute Gasteiger partial charge is 0.261 e. The lowest BCUT2D eigenvalue weighted by Crippen LogP contribution is -2.39. The molecular formula is C28H25F2N2O+. The fraction of sp³-hybridized carbons (Fsp3) is 0.107. The summed E-state index contributed by atoms with van der Waals surface area (Å²) in [5.74, 6) is -2.36. The quantitative estimate of drug-likeness (QED) is 0.365. The molecule has 3 aromatic carbocycles. The van der Waals surface area contributed by atoms with Crippen molar-refractivity contribution >= 4 is 17.2 Å². The van der Waals surface area contributed by atoms with Gasteiger partial charge in [0.2, 0.25) is 0 Å². The zero-order valence-corrected chi connectivity index (χ0v) is 18.3. The lowest BCUT2D eigenvalue weighted by Gasteiger charge is -2.13. The number of nitrogens with one attached hydrogen (secondary N) is 1. The van der Waals surface area contributed by atoms with Gasteiger partial charge in [-0.25, -0.2) is 8.78 Å². The van der Waals surface area contributed by atoms with Crippen LogP contribution in [0.25, 0.3) is 5.57 Å². The van der Waals surface area contributed by atoms with E-state index in [0.717, 1.165) is 29.7 Å². The average Bonchev–Trinajstić information content (AvgIpc) is 3.54. The fourth-order valence-electron chi connectivity index (χ4n) is 4.00. The van der Waals surface area contributed by atoms with Crippen LogP contribution in [0.5, 0.6) is 0 Å². The number of anilines is 1. The van der Waals surface area contributed by atoms with E-state index in [4.69, 9.17) is 0 Å². The Morgan fingerprint density at radius 1 is 0.970 bits per heavy atom. The molecule has 0 aromatic heterocycles. The third kappa shape index (κ3) is 5.16. The van der Waals surface area contributed by atoms with Gasteiger partial charge in [-0.3, -0.25) is 4.79 Å². The molecule has 0 unspecified atom stereocenters. The van der Waals surface area contributed by atoms with E-state index in [1.54, 1.807) is 18.3 Å². The van der Waals surface area contributed by atoms with Crippen LogP contribution in [0.15, 0.2) is 102 Å². The molecule has 1 aliphatic carbocycles. The summed E-state index contributed by atoms with van der Waals surface area (Å²) >= 11 is 0. The maximum Gasteiger partial charge on any atom is 0.261 e. The molecule has 1 aliphatic rings. The first-order valence-electron chi connectivity index (χ1n) is 10.7. The number of hydrogen-bond donors (Lipinski definition) is 2. The Morgan fingerprint density at radius 2 is 1.64 bits per heavy atom. The maximum absolute atomic E-state index is 13.9. The largest absolute Gasteiger partial charge is 0.331 e. The van der Waals surface area contributed by atoms with Crippen molar-refractivity contribution in [2.24, 2.45) is 5.92 Å². The Morgan fingerprint density at radius 3 is 2.27 bits per heavy atom. The van der Waals surface area contributed by atoms with Gasteiger partial charge in [0.1, 0.15) is 17.2 Å². The van der Waals surface area contributed by atoms with Crippen molar-refractivity contribution in [2.75, 3.05) is 5.32 Å². The topological polar surface area (TPSA) is 56.7 Å². The van der Waals surface area contributed by atoms with Gasteiger partial charge in [0.15, 0.2) is 0 Å². The molecule has 4 N–H and O–H groups in total. The van der Waals surface area contributed by atoms with Crippen LogP contribution in [0, 0.1) is 17.6 Å². The van der Waals surface area contributed by atoms with E-state index in [0.29, 0.717) is 5.69 Å². The summed E-state index contributed by atoms with van der Waals surface area (Å²) in [5.41, 5.74) is 9.63. The molecule has 0 radical (unpaired) electrons. The van der Waals surface area contributed by atoms with E-state index in [-0.39, 0.29) is 5.92 Å². The van der Waals surface area contributed by atoms with E-state index in [1.807, 2.05) is 36.4 Å². The number of rotatable bonds is 7. The van der Waals surface area contributed by atoms with Gasteiger partial charge in [-0.15, -0.1) is 0 Å². The molecule has 0 heterocycles. The van der Waals surface area contributed by atoms with Gasteiger partial charge < -0.3 is 11.1 Å². The number of benzene rings is 3. The second-order valence-electron chi connectivity index (χ2n) is 8.01. The minimum absolute atomic E-state index is 0.245. The van der Waals surface area contributed by atoms with Gasteiger partial charge in [0.05, 0.1) is 6.20 Å². The van der Waals surface area contributed by atoms with E-state index in [9.17, 15) is 13.6 Å². The summed E-state index contributed by atoms with van der Waals surface area (Å²) in [6.07, 6.45) is 6.92. The van der Waals surface area contributed by atoms with Crippen LogP contribution in [-0.2, 0) is 6.42 Å². The highest BCUT2D eigenvalue weighted by atomic mass is 19.1. The van der Waals surface area contributed by atoms with Crippen molar-refractivity contribution in [3.05, 3.63) is 131 Å². The molecule has 0 spiro atoms. The van der Waals surface area contributed by atoms with Gasteiger partial charge in [0, 0.05) is 11.6 Å². The van der Waals surface area contributed by atoms with Crippen molar-refractivity contribution < 1.29 is 19.3 Å². The van der Waals surface area contributed by atoms with Gasteiger partial charge in [-0.1, -0.05) is 60.2 Å². The van der Waals surface area contributed by atoms with E-state index in [2.05, 4.69) is 36.2 Å². The average molecular weight is 444 g/mol. The van der Waals surface area contributed by atoms with E-state index < -0.39 is 23.1 Å². The molecule has 0 saturated carbocycles. The van der Waals surface area contributed by atoms with Gasteiger partial charge in [-0.2, -0.15) is 0 Å². The lowest BCUT2D eigenvalue weighted by atomic mass is 9.92. The van der Waals surface area contributed by atoms with Crippen LogP contribution in [0.3, 0.4) is 0 Å². The minimum atomic E-state index is -0.893. The van der Waals surface area contributed by atoms with Gasteiger partial charge in [-0.05, 0) is 66.0 Å². The highest BCUT2D eigenvalue weighted by Gasteiger charge is 2.30. The monoisotopic (exact) mass is 443 g/mol. The highest BCUT2D eigenvalue weighted by Crippen LogP contribution is 2.44. The molecule has 1 atom stereocenters. The van der Waals surface area contributed by atoms with Crippen LogP contribution < -0.4 is 11.1 Å². The van der Waals surface area contributed by atoms with Crippen LogP contribution in [0.2, 0.25) is 0 Å². The van der Waals surface area contributed by atoms with E-state index in [1.165, 1.54) is 22.8 Å². The maximum atomic E-state index is 13.9. The fourth-order valence-corrected chi connectivity index (χ4v) is 4.00. The molecule has 1 amide bonds. The van der Waals surface area contributed by atoms with Crippen molar-refractivity contribution in [1.82, 2.24) is 0 Å². The normalized spacial score (nSPS) is 15.8. The van der Waals surface area contributed by atoms with Gasteiger partial charge in [0.25, 0.3) is 5.91 Å². The van der Waals surface area contributed by atoms with E-state index >= 15 is 0 Å². The number of carbonyl (C=O) groups excluding carboxylic acids is 1. The third-order valence-electron chi connectivity index (χ3n) is 5.67. The van der Waals surface area contributed by atoms with Crippen LogP contribution in [0.1, 0.15) is 28.4 Å². The van der Waals surface area contributed by atoms with Crippen molar-refractivity contribution in [2.45, 2.75) is 13.3 Å². The van der Waals surface area contributed by atoms with Crippen molar-refractivity contribution in [1.29, 1.82) is 0 Å². The van der Waals surface area contributed by atoms with Crippen molar-refractivity contribution in [3.63, 3.8) is 0 Å². The number of hydrogen-bond acceptors (Lipinski definition) is 1. The Balaban J connectivity index is 1.52. The molecular weight excluding hydrogens is 418 g/mol. The second kappa shape index (κ2) is 9.76. The summed E-state index contributed by atoms with van der Waals surface area (Å²) in [7, 11) is 0. The number of amides is 1. The second-order valence-corrected chi connectivity index (χ2v) is 8.01. The molecule has 3 nitrogen and oxygen atoms in total. The number of quaternary nitrogens is 1. The molecule has 0 saturated heterocycles. The molecule has 166 valence electrons. The number of allylic oxidation sites excluding steroid dienone is 5. The Hall–Kier alpha value is -3.83. The Kier molecular flexibility index (Phi) is 6.61. The summed E-state index contributed by atoms with van der Waals surface area (Å²) in [4.78, 5) is 12.4. The third-order valence-corrected chi connectivity index (χ3v) is 5.67. The predicted molar refractivity (Wildman–Crippen MR) is 127 cm³/mol. The summed E-state index contributed by atoms with van der Waals surface area (Å²) in [6, 6.07) is 21.0. The predicted octanol–water partition coefficient (Wildman–Crippen LogP) is 5.55. The molecule has 33 heavy (non-hydrogen) atoms. The molecule has 0 fully saturated rings. The molecule has 4 rings (SSSR count). The lowest BCUT2D eigenvalue weighted by molar-refractivity contribution is -0.274. The number of carbonyl (C=O) groups is 1. The highest BCUT2D eigenvalue weighted by molar-refractivity contribution is 6.04. The summed E-state index contributed by atoms with van der Waals surface area (Å²) in [5, 5.41) is 2.57. The van der Waals surface area contributed by atoms with Crippen LogP contribution in [0.4, 0.5) is 14.5 Å². The summed E-state index contributed by atoms with van der Waals surface area (Å²) in [6.45, 7) is 2.06. The zero-order valence-electron chi connectivity index (χ0n) is 18.3. The molecule has 0 bridgehead atoms.